The maximum absolute atomic E-state index is 12.6. The molecule has 2 heterocycles. The van der Waals surface area contributed by atoms with Gasteiger partial charge in [0.1, 0.15) is 5.75 Å². The summed E-state index contributed by atoms with van der Waals surface area (Å²) in [5, 5.41) is 11.2. The number of nitro groups is 1. The van der Waals surface area contributed by atoms with Gasteiger partial charge in [-0.2, -0.15) is 0 Å². The van der Waals surface area contributed by atoms with E-state index in [-0.39, 0.29) is 55.0 Å². The second-order valence-corrected chi connectivity index (χ2v) is 7.67. The van der Waals surface area contributed by atoms with E-state index in [9.17, 15) is 29.3 Å². The zero-order valence-electron chi connectivity index (χ0n) is 17.1. The largest absolute Gasteiger partial charge is 0.426 e. The Bertz CT molecular complexity index is 1130. The van der Waals surface area contributed by atoms with E-state index in [0.717, 1.165) is 4.90 Å². The highest BCUT2D eigenvalue weighted by Crippen LogP contribution is 2.31. The average Bonchev–Trinajstić information content (AvgIpc) is 3.31. The number of nitro benzene ring substituents is 1. The Morgan fingerprint density at radius 1 is 1.00 bits per heavy atom. The van der Waals surface area contributed by atoms with Crippen LogP contribution in [0.5, 0.6) is 5.75 Å². The number of hydrogen-bond donors (Lipinski definition) is 0. The number of carbonyl (C=O) groups excluding carboxylic acids is 4. The van der Waals surface area contributed by atoms with E-state index >= 15 is 0 Å². The summed E-state index contributed by atoms with van der Waals surface area (Å²) in [6.07, 6.45) is 0.271. The number of carbonyl (C=O) groups is 4. The van der Waals surface area contributed by atoms with Crippen LogP contribution in [-0.2, 0) is 19.2 Å². The minimum Gasteiger partial charge on any atom is -0.426 e. The minimum atomic E-state index is -0.732. The predicted molar refractivity (Wildman–Crippen MR) is 112 cm³/mol. The third-order valence-corrected chi connectivity index (χ3v) is 5.52. The van der Waals surface area contributed by atoms with Crippen molar-refractivity contribution in [3.63, 3.8) is 0 Å². The van der Waals surface area contributed by atoms with Gasteiger partial charge in [-0.1, -0.05) is 6.07 Å². The van der Waals surface area contributed by atoms with Gasteiger partial charge in [-0.15, -0.1) is 0 Å². The van der Waals surface area contributed by atoms with Crippen molar-refractivity contribution in [1.29, 1.82) is 0 Å². The SMILES string of the molecule is Cc1ccc(N2C[C@@H](C(=O)Oc3ccc(N4C(=O)CCC4=O)cc3)CC2=O)cc1[N+](=O)[O-]. The molecule has 2 aliphatic heterocycles. The van der Waals surface area contributed by atoms with Crippen molar-refractivity contribution in [2.75, 3.05) is 16.3 Å². The Hall–Kier alpha value is -4.08. The fourth-order valence-corrected chi connectivity index (χ4v) is 3.80. The van der Waals surface area contributed by atoms with E-state index in [1.54, 1.807) is 19.1 Å². The Morgan fingerprint density at radius 3 is 2.25 bits per heavy atom. The Balaban J connectivity index is 1.43. The van der Waals surface area contributed by atoms with Crippen molar-refractivity contribution >= 4 is 40.8 Å². The molecular weight excluding hydrogens is 418 g/mol. The van der Waals surface area contributed by atoms with Crippen LogP contribution in [0.25, 0.3) is 0 Å². The number of esters is 1. The summed E-state index contributed by atoms with van der Waals surface area (Å²) in [4.78, 5) is 61.8. The summed E-state index contributed by atoms with van der Waals surface area (Å²) in [5.41, 5.74) is 1.13. The van der Waals surface area contributed by atoms with Gasteiger partial charge in [-0.25, -0.2) is 0 Å². The second-order valence-electron chi connectivity index (χ2n) is 7.67. The summed E-state index contributed by atoms with van der Waals surface area (Å²) in [7, 11) is 0. The number of nitrogens with zero attached hydrogens (tertiary/aromatic N) is 3. The van der Waals surface area contributed by atoms with Gasteiger partial charge in [0, 0.05) is 37.4 Å². The van der Waals surface area contributed by atoms with E-state index in [2.05, 4.69) is 0 Å². The smallest absolute Gasteiger partial charge is 0.316 e. The molecule has 4 rings (SSSR count). The lowest BCUT2D eigenvalue weighted by atomic mass is 10.1. The summed E-state index contributed by atoms with van der Waals surface area (Å²) >= 11 is 0. The molecule has 0 bridgehead atoms. The van der Waals surface area contributed by atoms with Gasteiger partial charge in [0.2, 0.25) is 17.7 Å². The molecule has 164 valence electrons. The molecule has 2 saturated heterocycles. The molecule has 0 aromatic heterocycles. The van der Waals surface area contributed by atoms with E-state index in [0.29, 0.717) is 16.9 Å². The number of hydrogen-bond acceptors (Lipinski definition) is 7. The van der Waals surface area contributed by atoms with E-state index in [1.165, 1.54) is 35.2 Å². The Morgan fingerprint density at radius 2 is 1.62 bits per heavy atom. The number of amides is 3. The molecule has 0 N–H and O–H groups in total. The highest BCUT2D eigenvalue weighted by atomic mass is 16.6. The van der Waals surface area contributed by atoms with Crippen LogP contribution < -0.4 is 14.5 Å². The van der Waals surface area contributed by atoms with Gasteiger partial charge < -0.3 is 9.64 Å². The first-order chi connectivity index (χ1) is 15.2. The molecule has 1 atom stereocenters. The standard InChI is InChI=1S/C22H19N3O7/c1-13-2-3-16(11-18(13)25(30)31)23-12-14(10-21(23)28)22(29)32-17-6-4-15(5-7-17)24-19(26)8-9-20(24)27/h2-7,11,14H,8-10,12H2,1H3/t14-/m0/s1. The first-order valence-electron chi connectivity index (χ1n) is 9.97. The van der Waals surface area contributed by atoms with Crippen molar-refractivity contribution < 1.29 is 28.8 Å². The summed E-state index contributed by atoms with van der Waals surface area (Å²) in [6, 6.07) is 10.5. The number of aryl methyl sites for hydroxylation is 1. The Kier molecular flexibility index (Phi) is 5.43. The molecule has 2 aromatic rings. The molecule has 0 saturated carbocycles. The van der Waals surface area contributed by atoms with Crippen LogP contribution in [0.2, 0.25) is 0 Å². The third kappa shape index (κ3) is 3.94. The molecule has 10 heteroatoms. The summed E-state index contributed by atoms with van der Waals surface area (Å²) in [5.74, 6) is -2.00. The van der Waals surface area contributed by atoms with Gasteiger partial charge in [-0.05, 0) is 37.3 Å². The van der Waals surface area contributed by atoms with Crippen molar-refractivity contribution in [2.45, 2.75) is 26.2 Å². The molecule has 0 unspecified atom stereocenters. The number of imide groups is 1. The van der Waals surface area contributed by atoms with Crippen LogP contribution in [-0.4, -0.2) is 35.2 Å². The van der Waals surface area contributed by atoms with Gasteiger partial charge >= 0.3 is 5.97 Å². The van der Waals surface area contributed by atoms with Crippen LogP contribution in [0.1, 0.15) is 24.8 Å². The normalized spacial score (nSPS) is 18.4. The zero-order valence-corrected chi connectivity index (χ0v) is 17.1. The van der Waals surface area contributed by atoms with Gasteiger partial charge in [-0.3, -0.25) is 34.2 Å². The van der Waals surface area contributed by atoms with Crippen LogP contribution in [0.3, 0.4) is 0 Å². The number of rotatable bonds is 5. The van der Waals surface area contributed by atoms with Crippen LogP contribution in [0.4, 0.5) is 17.1 Å². The molecule has 2 fully saturated rings. The quantitative estimate of drug-likeness (QED) is 0.231. The molecule has 10 nitrogen and oxygen atoms in total. The van der Waals surface area contributed by atoms with Crippen molar-refractivity contribution in [3.05, 3.63) is 58.1 Å². The fraction of sp³-hybridized carbons (Fsp3) is 0.273. The van der Waals surface area contributed by atoms with Crippen LogP contribution in [0, 0.1) is 23.0 Å². The number of anilines is 2. The second kappa shape index (κ2) is 8.22. The average molecular weight is 437 g/mol. The molecule has 2 aromatic carbocycles. The van der Waals surface area contributed by atoms with Gasteiger partial charge in [0.15, 0.2) is 0 Å². The number of benzene rings is 2. The maximum Gasteiger partial charge on any atom is 0.316 e. The van der Waals surface area contributed by atoms with Crippen molar-refractivity contribution in [3.8, 4) is 5.75 Å². The lowest BCUT2D eigenvalue weighted by Crippen LogP contribution is -2.28. The molecule has 32 heavy (non-hydrogen) atoms. The predicted octanol–water partition coefficient (Wildman–Crippen LogP) is 2.52. The maximum atomic E-state index is 12.6. The number of ether oxygens (including phenoxy) is 1. The molecular formula is C22H19N3O7. The first-order valence-corrected chi connectivity index (χ1v) is 9.97. The Labute approximate surface area is 182 Å². The fourth-order valence-electron chi connectivity index (χ4n) is 3.80. The highest BCUT2D eigenvalue weighted by Gasteiger charge is 2.37. The monoisotopic (exact) mass is 437 g/mol. The van der Waals surface area contributed by atoms with Crippen LogP contribution in [0.15, 0.2) is 42.5 Å². The van der Waals surface area contributed by atoms with Gasteiger partial charge in [0.05, 0.1) is 22.2 Å². The highest BCUT2D eigenvalue weighted by molar-refractivity contribution is 6.19. The molecule has 2 aliphatic rings. The van der Waals surface area contributed by atoms with E-state index in [1.807, 2.05) is 0 Å². The van der Waals surface area contributed by atoms with Gasteiger partial charge in [0.25, 0.3) is 5.69 Å². The van der Waals surface area contributed by atoms with E-state index < -0.39 is 16.8 Å². The zero-order chi connectivity index (χ0) is 23.0. The van der Waals surface area contributed by atoms with E-state index in [4.69, 9.17) is 4.74 Å². The van der Waals surface area contributed by atoms with Crippen molar-refractivity contribution in [1.82, 2.24) is 0 Å². The third-order valence-electron chi connectivity index (χ3n) is 5.52. The van der Waals surface area contributed by atoms with Crippen molar-refractivity contribution in [2.24, 2.45) is 5.92 Å². The molecule has 0 aliphatic carbocycles. The lowest BCUT2D eigenvalue weighted by Gasteiger charge is -2.17. The summed E-state index contributed by atoms with van der Waals surface area (Å²) in [6.45, 7) is 1.65. The lowest BCUT2D eigenvalue weighted by molar-refractivity contribution is -0.385. The minimum absolute atomic E-state index is 0.0484. The molecule has 3 amide bonds. The molecule has 0 spiro atoms. The molecule has 0 radical (unpaired) electrons. The topological polar surface area (TPSA) is 127 Å². The summed E-state index contributed by atoms with van der Waals surface area (Å²) < 4.78 is 5.37. The first kappa shape index (κ1) is 21.2. The van der Waals surface area contributed by atoms with Crippen LogP contribution >= 0.6 is 0 Å².